The maximum absolute atomic E-state index is 11.8. The minimum Gasteiger partial charge on any atom is -0.397 e. The van der Waals surface area contributed by atoms with Crippen molar-refractivity contribution < 1.29 is 4.79 Å². The van der Waals surface area contributed by atoms with Gasteiger partial charge in [0.1, 0.15) is 0 Å². The van der Waals surface area contributed by atoms with Crippen LogP contribution in [0, 0.1) is 0 Å². The number of halogens is 1. The number of tetrazole rings is 1. The summed E-state index contributed by atoms with van der Waals surface area (Å²) in [5, 5.41) is 15.2. The fraction of sp³-hybridized carbons (Fsp3) is 0.333. The Labute approximate surface area is 131 Å². The molecule has 1 heterocycles. The van der Waals surface area contributed by atoms with Gasteiger partial charge in [-0.3, -0.25) is 4.79 Å². The molecule has 0 fully saturated rings. The van der Waals surface area contributed by atoms with Crippen LogP contribution in [0.2, 0.25) is 5.02 Å². The molecule has 0 bridgehead atoms. The first-order valence-corrected chi connectivity index (χ1v) is 7.62. The summed E-state index contributed by atoms with van der Waals surface area (Å²) >= 11 is 7.32. The first-order chi connectivity index (χ1) is 10.1. The molecule has 7 nitrogen and oxygen atoms in total. The third-order valence-corrected chi connectivity index (χ3v) is 3.98. The molecule has 1 amide bonds. The molecule has 0 aliphatic carbocycles. The number of benzene rings is 1. The van der Waals surface area contributed by atoms with Crippen LogP contribution in [0.5, 0.6) is 0 Å². The lowest BCUT2D eigenvalue weighted by Crippen LogP contribution is -2.12. The average Bonchev–Trinajstić information content (AvgIpc) is 2.84. The van der Waals surface area contributed by atoms with Crippen LogP contribution in [-0.4, -0.2) is 31.9 Å². The Morgan fingerprint density at radius 1 is 1.52 bits per heavy atom. The van der Waals surface area contributed by atoms with E-state index >= 15 is 0 Å². The van der Waals surface area contributed by atoms with E-state index in [-0.39, 0.29) is 5.91 Å². The van der Waals surface area contributed by atoms with Crippen molar-refractivity contribution in [3.05, 3.63) is 23.2 Å². The number of nitrogens with two attached hydrogens (primary N) is 1. The highest BCUT2D eigenvalue weighted by Gasteiger charge is 2.07. The second kappa shape index (κ2) is 7.28. The Hall–Kier alpha value is -1.80. The molecule has 0 aliphatic heterocycles. The van der Waals surface area contributed by atoms with Gasteiger partial charge in [0.05, 0.1) is 11.4 Å². The molecule has 2 rings (SSSR count). The van der Waals surface area contributed by atoms with Gasteiger partial charge >= 0.3 is 0 Å². The van der Waals surface area contributed by atoms with Crippen molar-refractivity contribution in [3.8, 4) is 0 Å². The number of nitrogen functional groups attached to an aromatic ring is 1. The predicted molar refractivity (Wildman–Crippen MR) is 83.3 cm³/mol. The van der Waals surface area contributed by atoms with E-state index in [0.29, 0.717) is 22.8 Å². The third kappa shape index (κ3) is 4.61. The molecule has 2 aromatic rings. The first kappa shape index (κ1) is 15.6. The molecule has 0 saturated carbocycles. The Morgan fingerprint density at radius 2 is 2.33 bits per heavy atom. The van der Waals surface area contributed by atoms with Crippen molar-refractivity contribution in [2.75, 3.05) is 16.8 Å². The van der Waals surface area contributed by atoms with Crippen molar-refractivity contribution in [1.82, 2.24) is 20.2 Å². The smallest absolute Gasteiger partial charge is 0.224 e. The fourth-order valence-electron chi connectivity index (χ4n) is 1.60. The van der Waals surface area contributed by atoms with Gasteiger partial charge in [-0.1, -0.05) is 23.4 Å². The summed E-state index contributed by atoms with van der Waals surface area (Å²) in [7, 11) is 1.78. The van der Waals surface area contributed by atoms with Crippen molar-refractivity contribution in [3.63, 3.8) is 0 Å². The van der Waals surface area contributed by atoms with Gasteiger partial charge in [-0.05, 0) is 35.0 Å². The van der Waals surface area contributed by atoms with Gasteiger partial charge in [0, 0.05) is 24.2 Å². The van der Waals surface area contributed by atoms with E-state index in [0.717, 1.165) is 17.3 Å². The molecule has 0 aliphatic rings. The van der Waals surface area contributed by atoms with Crippen LogP contribution in [0.1, 0.15) is 12.8 Å². The summed E-state index contributed by atoms with van der Waals surface area (Å²) in [5.74, 6) is 0.679. The van der Waals surface area contributed by atoms with Crippen molar-refractivity contribution in [1.29, 1.82) is 0 Å². The van der Waals surface area contributed by atoms with Gasteiger partial charge in [-0.25, -0.2) is 4.68 Å². The molecule has 0 spiro atoms. The lowest BCUT2D eigenvalue weighted by Gasteiger charge is -2.08. The lowest BCUT2D eigenvalue weighted by atomic mass is 10.2. The minimum atomic E-state index is -0.0827. The zero-order chi connectivity index (χ0) is 15.2. The number of carbonyl (C=O) groups is 1. The number of hydrogen-bond acceptors (Lipinski definition) is 6. The number of aryl methyl sites for hydroxylation is 1. The summed E-state index contributed by atoms with van der Waals surface area (Å²) in [6.07, 6.45) is 1.12. The van der Waals surface area contributed by atoms with E-state index < -0.39 is 0 Å². The number of rotatable bonds is 6. The van der Waals surface area contributed by atoms with E-state index in [4.69, 9.17) is 17.3 Å². The van der Waals surface area contributed by atoms with Gasteiger partial charge in [-0.15, -0.1) is 5.10 Å². The highest BCUT2D eigenvalue weighted by molar-refractivity contribution is 7.99. The normalized spacial score (nSPS) is 10.6. The SMILES string of the molecule is Cn1nnnc1SCCCC(=O)Nc1ccc(Cl)cc1N. The lowest BCUT2D eigenvalue weighted by molar-refractivity contribution is -0.116. The number of nitrogens with zero attached hydrogens (tertiary/aromatic N) is 4. The fourth-order valence-corrected chi connectivity index (χ4v) is 2.57. The molecular formula is C12H15ClN6OS. The van der Waals surface area contributed by atoms with Gasteiger partial charge in [0.2, 0.25) is 11.1 Å². The van der Waals surface area contributed by atoms with Crippen molar-refractivity contribution >= 4 is 40.6 Å². The summed E-state index contributed by atoms with van der Waals surface area (Å²) in [4.78, 5) is 11.8. The summed E-state index contributed by atoms with van der Waals surface area (Å²) < 4.78 is 1.60. The molecule has 9 heteroatoms. The van der Waals surface area contributed by atoms with E-state index in [1.165, 1.54) is 11.8 Å². The van der Waals surface area contributed by atoms with Crippen LogP contribution in [0.3, 0.4) is 0 Å². The Bertz CT molecular complexity index is 632. The van der Waals surface area contributed by atoms with Crippen molar-refractivity contribution in [2.24, 2.45) is 7.05 Å². The monoisotopic (exact) mass is 326 g/mol. The van der Waals surface area contributed by atoms with Crippen molar-refractivity contribution in [2.45, 2.75) is 18.0 Å². The van der Waals surface area contributed by atoms with Crippen LogP contribution in [0.4, 0.5) is 11.4 Å². The van der Waals surface area contributed by atoms with Crippen LogP contribution >= 0.6 is 23.4 Å². The number of aromatic nitrogens is 4. The zero-order valence-electron chi connectivity index (χ0n) is 11.4. The first-order valence-electron chi connectivity index (χ1n) is 6.26. The zero-order valence-corrected chi connectivity index (χ0v) is 13.0. The quantitative estimate of drug-likeness (QED) is 0.478. The topological polar surface area (TPSA) is 98.7 Å². The second-order valence-electron chi connectivity index (χ2n) is 4.32. The van der Waals surface area contributed by atoms with E-state index in [9.17, 15) is 4.79 Å². The van der Waals surface area contributed by atoms with E-state index in [1.54, 1.807) is 29.9 Å². The molecule has 0 atom stereocenters. The van der Waals surface area contributed by atoms with Crippen LogP contribution in [-0.2, 0) is 11.8 Å². The molecule has 1 aromatic heterocycles. The number of carbonyl (C=O) groups excluding carboxylic acids is 1. The number of thioether (sulfide) groups is 1. The summed E-state index contributed by atoms with van der Waals surface area (Å²) in [6.45, 7) is 0. The molecule has 0 unspecified atom stereocenters. The maximum atomic E-state index is 11.8. The Kier molecular flexibility index (Phi) is 5.40. The number of amides is 1. The molecule has 0 saturated heterocycles. The van der Waals surface area contributed by atoms with Crippen LogP contribution in [0.25, 0.3) is 0 Å². The average molecular weight is 327 g/mol. The molecule has 0 radical (unpaired) electrons. The molecule has 1 aromatic carbocycles. The number of anilines is 2. The standard InChI is InChI=1S/C12H15ClN6OS/c1-19-12(16-17-18-19)21-6-2-3-11(20)15-10-5-4-8(13)7-9(10)14/h4-5,7H,2-3,6,14H2,1H3,(H,15,20). The number of nitrogens with one attached hydrogen (secondary N) is 1. The van der Waals surface area contributed by atoms with Crippen LogP contribution in [0.15, 0.2) is 23.4 Å². The van der Waals surface area contributed by atoms with Gasteiger partial charge in [0.15, 0.2) is 0 Å². The molecule has 21 heavy (non-hydrogen) atoms. The molecular weight excluding hydrogens is 312 g/mol. The second-order valence-corrected chi connectivity index (χ2v) is 5.82. The van der Waals surface area contributed by atoms with Gasteiger partial charge < -0.3 is 11.1 Å². The summed E-state index contributed by atoms with van der Waals surface area (Å²) in [5.41, 5.74) is 6.81. The number of hydrogen-bond donors (Lipinski definition) is 2. The van der Waals surface area contributed by atoms with Gasteiger partial charge in [0.25, 0.3) is 0 Å². The maximum Gasteiger partial charge on any atom is 0.224 e. The highest BCUT2D eigenvalue weighted by atomic mass is 35.5. The minimum absolute atomic E-state index is 0.0827. The molecule has 3 N–H and O–H groups in total. The van der Waals surface area contributed by atoms with E-state index in [2.05, 4.69) is 20.8 Å². The largest absolute Gasteiger partial charge is 0.397 e. The van der Waals surface area contributed by atoms with E-state index in [1.807, 2.05) is 0 Å². The molecule has 112 valence electrons. The third-order valence-electron chi connectivity index (χ3n) is 2.65. The highest BCUT2D eigenvalue weighted by Crippen LogP contribution is 2.23. The Morgan fingerprint density at radius 3 is 3.00 bits per heavy atom. The van der Waals surface area contributed by atoms with Gasteiger partial charge in [-0.2, -0.15) is 0 Å². The van der Waals surface area contributed by atoms with Crippen LogP contribution < -0.4 is 11.1 Å². The Balaban J connectivity index is 1.73. The predicted octanol–water partition coefficient (Wildman–Crippen LogP) is 1.96. The summed E-state index contributed by atoms with van der Waals surface area (Å²) in [6, 6.07) is 4.98.